The zero-order valence-corrected chi connectivity index (χ0v) is 13.5. The standard InChI is InChI=1S/C16H20N4OS/c1-2-19-12-17-18-16(19)14-5-8-20(9-6-14)15(21)4-3-13-7-10-22-11-13/h3-4,7,10-12,14H,2,5-6,8-9H2,1H3/b4-3-. The molecule has 0 bridgehead atoms. The summed E-state index contributed by atoms with van der Waals surface area (Å²) in [6.07, 6.45) is 7.26. The lowest BCUT2D eigenvalue weighted by atomic mass is 9.96. The van der Waals surface area contributed by atoms with Gasteiger partial charge in [-0.15, -0.1) is 10.2 Å². The summed E-state index contributed by atoms with van der Waals surface area (Å²) in [6, 6.07) is 2.01. The molecule has 0 aliphatic carbocycles. The highest BCUT2D eigenvalue weighted by Crippen LogP contribution is 2.26. The first-order valence-corrected chi connectivity index (χ1v) is 8.59. The largest absolute Gasteiger partial charge is 0.339 e. The van der Waals surface area contributed by atoms with Crippen molar-refractivity contribution >= 4 is 23.3 Å². The van der Waals surface area contributed by atoms with E-state index in [1.165, 1.54) is 0 Å². The molecule has 116 valence electrons. The summed E-state index contributed by atoms with van der Waals surface area (Å²) in [4.78, 5) is 14.1. The number of rotatable bonds is 4. The maximum absolute atomic E-state index is 12.2. The van der Waals surface area contributed by atoms with Gasteiger partial charge in [-0.1, -0.05) is 0 Å². The van der Waals surface area contributed by atoms with Crippen LogP contribution in [0.2, 0.25) is 0 Å². The average Bonchev–Trinajstić information content (AvgIpc) is 3.23. The van der Waals surface area contributed by atoms with E-state index >= 15 is 0 Å². The number of hydrogen-bond donors (Lipinski definition) is 0. The summed E-state index contributed by atoms with van der Waals surface area (Å²) in [5.74, 6) is 1.57. The van der Waals surface area contributed by atoms with E-state index in [1.807, 2.05) is 27.8 Å². The summed E-state index contributed by atoms with van der Waals surface area (Å²) in [5.41, 5.74) is 1.09. The van der Waals surface area contributed by atoms with Crippen molar-refractivity contribution in [2.45, 2.75) is 32.2 Å². The number of aromatic nitrogens is 3. The van der Waals surface area contributed by atoms with Gasteiger partial charge in [0.15, 0.2) is 0 Å². The molecule has 2 aromatic rings. The van der Waals surface area contributed by atoms with Crippen LogP contribution in [0.25, 0.3) is 6.08 Å². The minimum atomic E-state index is 0.0987. The van der Waals surface area contributed by atoms with E-state index in [9.17, 15) is 4.79 Å². The lowest BCUT2D eigenvalue weighted by Crippen LogP contribution is -2.37. The van der Waals surface area contributed by atoms with Crippen LogP contribution in [0.15, 0.2) is 29.2 Å². The second kappa shape index (κ2) is 6.87. The summed E-state index contributed by atoms with van der Waals surface area (Å²) < 4.78 is 2.10. The van der Waals surface area contributed by atoms with Crippen LogP contribution in [-0.4, -0.2) is 38.7 Å². The Bertz CT molecular complexity index is 639. The molecule has 0 N–H and O–H groups in total. The van der Waals surface area contributed by atoms with Crippen molar-refractivity contribution in [1.29, 1.82) is 0 Å². The van der Waals surface area contributed by atoms with Crippen LogP contribution in [0.5, 0.6) is 0 Å². The molecular formula is C16H20N4OS. The molecule has 0 spiro atoms. The Kier molecular flexibility index (Phi) is 4.68. The van der Waals surface area contributed by atoms with Crippen LogP contribution in [0, 0.1) is 0 Å². The van der Waals surface area contributed by atoms with Crippen molar-refractivity contribution < 1.29 is 4.79 Å². The predicted molar refractivity (Wildman–Crippen MR) is 87.6 cm³/mol. The lowest BCUT2D eigenvalue weighted by molar-refractivity contribution is -0.127. The number of carbonyl (C=O) groups excluding carboxylic acids is 1. The zero-order chi connectivity index (χ0) is 15.4. The van der Waals surface area contributed by atoms with E-state index in [4.69, 9.17) is 0 Å². The number of likely N-dealkylation sites (tertiary alicyclic amines) is 1. The van der Waals surface area contributed by atoms with Crippen molar-refractivity contribution in [1.82, 2.24) is 19.7 Å². The van der Waals surface area contributed by atoms with Crippen LogP contribution in [0.4, 0.5) is 0 Å². The van der Waals surface area contributed by atoms with E-state index in [0.717, 1.165) is 43.9 Å². The Hall–Kier alpha value is -1.95. The maximum atomic E-state index is 12.2. The van der Waals surface area contributed by atoms with Crippen LogP contribution >= 0.6 is 11.3 Å². The van der Waals surface area contributed by atoms with Crippen molar-refractivity contribution in [2.75, 3.05) is 13.1 Å². The highest BCUT2D eigenvalue weighted by molar-refractivity contribution is 7.08. The van der Waals surface area contributed by atoms with Crippen LogP contribution < -0.4 is 0 Å². The number of nitrogens with zero attached hydrogens (tertiary/aromatic N) is 4. The Morgan fingerprint density at radius 3 is 2.95 bits per heavy atom. The van der Waals surface area contributed by atoms with Crippen LogP contribution in [0.1, 0.15) is 37.1 Å². The fraction of sp³-hybridized carbons (Fsp3) is 0.438. The first-order chi connectivity index (χ1) is 10.8. The molecule has 1 aliphatic heterocycles. The summed E-state index contributed by atoms with van der Waals surface area (Å²) in [6.45, 7) is 4.56. The van der Waals surface area contributed by atoms with Gasteiger partial charge in [0.1, 0.15) is 12.2 Å². The monoisotopic (exact) mass is 316 g/mol. The molecule has 6 heteroatoms. The molecule has 3 heterocycles. The third kappa shape index (κ3) is 3.27. The number of piperidine rings is 1. The molecule has 0 unspecified atom stereocenters. The van der Waals surface area contributed by atoms with Crippen molar-refractivity contribution in [3.05, 3.63) is 40.6 Å². The minimum absolute atomic E-state index is 0.0987. The lowest BCUT2D eigenvalue weighted by Gasteiger charge is -2.30. The molecule has 1 aliphatic rings. The topological polar surface area (TPSA) is 51.0 Å². The fourth-order valence-electron chi connectivity index (χ4n) is 2.82. The Balaban J connectivity index is 1.56. The third-order valence-electron chi connectivity index (χ3n) is 4.12. The number of amides is 1. The molecule has 2 aromatic heterocycles. The second-order valence-corrected chi connectivity index (χ2v) is 6.24. The predicted octanol–water partition coefficient (Wildman–Crippen LogP) is 2.78. The average molecular weight is 316 g/mol. The van der Waals surface area contributed by atoms with Gasteiger partial charge in [-0.05, 0) is 48.2 Å². The Morgan fingerprint density at radius 1 is 1.45 bits per heavy atom. The van der Waals surface area contributed by atoms with E-state index in [0.29, 0.717) is 5.92 Å². The van der Waals surface area contributed by atoms with E-state index < -0.39 is 0 Å². The van der Waals surface area contributed by atoms with Crippen LogP contribution in [-0.2, 0) is 11.3 Å². The fourth-order valence-corrected chi connectivity index (χ4v) is 3.45. The van der Waals surface area contributed by atoms with Gasteiger partial charge in [-0.2, -0.15) is 11.3 Å². The van der Waals surface area contributed by atoms with E-state index in [2.05, 4.69) is 21.7 Å². The smallest absolute Gasteiger partial charge is 0.246 e. The van der Waals surface area contributed by atoms with Crippen LogP contribution in [0.3, 0.4) is 0 Å². The van der Waals surface area contributed by atoms with Gasteiger partial charge in [0.05, 0.1) is 0 Å². The van der Waals surface area contributed by atoms with Gasteiger partial charge in [-0.3, -0.25) is 4.79 Å². The maximum Gasteiger partial charge on any atom is 0.246 e. The molecule has 5 nitrogen and oxygen atoms in total. The molecule has 0 atom stereocenters. The number of carbonyl (C=O) groups is 1. The van der Waals surface area contributed by atoms with Gasteiger partial charge in [-0.25, -0.2) is 0 Å². The molecule has 1 amide bonds. The minimum Gasteiger partial charge on any atom is -0.339 e. The van der Waals surface area contributed by atoms with Crippen molar-refractivity contribution in [2.24, 2.45) is 0 Å². The molecular weight excluding hydrogens is 296 g/mol. The van der Waals surface area contributed by atoms with Gasteiger partial charge in [0.2, 0.25) is 5.91 Å². The number of aryl methyl sites for hydroxylation is 1. The van der Waals surface area contributed by atoms with Gasteiger partial charge in [0, 0.05) is 31.6 Å². The molecule has 1 saturated heterocycles. The molecule has 0 saturated carbocycles. The Morgan fingerprint density at radius 2 is 2.27 bits per heavy atom. The molecule has 0 radical (unpaired) electrons. The quantitative estimate of drug-likeness (QED) is 0.815. The SMILES string of the molecule is CCn1cnnc1C1CCN(C(=O)/C=C\c2ccsc2)CC1. The number of thiophene rings is 1. The highest BCUT2D eigenvalue weighted by Gasteiger charge is 2.25. The first kappa shape index (κ1) is 15.0. The van der Waals surface area contributed by atoms with Gasteiger partial charge >= 0.3 is 0 Å². The van der Waals surface area contributed by atoms with E-state index in [-0.39, 0.29) is 5.91 Å². The Labute approximate surface area is 134 Å². The first-order valence-electron chi connectivity index (χ1n) is 7.65. The molecule has 3 rings (SSSR count). The summed E-state index contributed by atoms with van der Waals surface area (Å²) >= 11 is 1.64. The highest BCUT2D eigenvalue weighted by atomic mass is 32.1. The zero-order valence-electron chi connectivity index (χ0n) is 12.7. The molecule has 1 fully saturated rings. The van der Waals surface area contributed by atoms with Gasteiger partial charge < -0.3 is 9.47 Å². The third-order valence-corrected chi connectivity index (χ3v) is 4.82. The molecule has 22 heavy (non-hydrogen) atoms. The van der Waals surface area contributed by atoms with Crippen molar-refractivity contribution in [3.63, 3.8) is 0 Å². The second-order valence-electron chi connectivity index (χ2n) is 5.46. The van der Waals surface area contributed by atoms with E-state index in [1.54, 1.807) is 23.7 Å². The summed E-state index contributed by atoms with van der Waals surface area (Å²) in [7, 11) is 0. The number of hydrogen-bond acceptors (Lipinski definition) is 4. The summed E-state index contributed by atoms with van der Waals surface area (Å²) in [5, 5.41) is 12.3. The van der Waals surface area contributed by atoms with Gasteiger partial charge in [0.25, 0.3) is 0 Å². The van der Waals surface area contributed by atoms with Crippen molar-refractivity contribution in [3.8, 4) is 0 Å². The molecule has 0 aromatic carbocycles. The normalized spacial score (nSPS) is 16.5.